The second-order valence-electron chi connectivity index (χ2n) is 6.63. The molecular weight excluding hydrogens is 350 g/mol. The standard InChI is InChI=1S/C18H39O4P.K.H/c1-2-3-4-5-6-7-8-9-10-11-12-13-14-15-16-17-18-22-23(19,20)21;;/h2-18H2,1H3,(H2,19,20,21);;. The molecule has 6 heteroatoms. The minimum absolute atomic E-state index is 0. The Morgan fingerprint density at radius 2 is 0.917 bits per heavy atom. The fourth-order valence-corrected chi connectivity index (χ4v) is 3.20. The SMILES string of the molecule is CCCCCCCCCCCCCCCCCCOP(=O)(O)O.[KH]. The first-order valence-corrected chi connectivity index (χ1v) is 11.3. The third-order valence-electron chi connectivity index (χ3n) is 4.26. The molecule has 0 aliphatic carbocycles. The summed E-state index contributed by atoms with van der Waals surface area (Å²) in [5, 5.41) is 0. The Hall–Kier alpha value is 1.75. The Morgan fingerprint density at radius 3 is 1.21 bits per heavy atom. The Labute approximate surface area is 192 Å². The van der Waals surface area contributed by atoms with Crippen LogP contribution in [0.5, 0.6) is 0 Å². The van der Waals surface area contributed by atoms with Gasteiger partial charge in [-0.25, -0.2) is 4.57 Å². The van der Waals surface area contributed by atoms with Gasteiger partial charge in [-0.15, -0.1) is 0 Å². The molecule has 0 spiro atoms. The van der Waals surface area contributed by atoms with E-state index < -0.39 is 7.82 Å². The van der Waals surface area contributed by atoms with Crippen molar-refractivity contribution in [1.29, 1.82) is 0 Å². The number of phosphoric acid groups is 1. The van der Waals surface area contributed by atoms with E-state index in [1.165, 1.54) is 83.5 Å². The van der Waals surface area contributed by atoms with Crippen molar-refractivity contribution < 1.29 is 18.9 Å². The third-order valence-corrected chi connectivity index (χ3v) is 4.78. The van der Waals surface area contributed by atoms with Crippen LogP contribution in [0.1, 0.15) is 110 Å². The first-order valence-electron chi connectivity index (χ1n) is 9.76. The molecule has 2 N–H and O–H groups in total. The maximum absolute atomic E-state index is 10.5. The maximum atomic E-state index is 10.5. The predicted octanol–water partition coefficient (Wildman–Crippen LogP) is 5.71. The van der Waals surface area contributed by atoms with Crippen LogP contribution in [0.2, 0.25) is 0 Å². The molecule has 0 fully saturated rings. The molecule has 0 atom stereocenters. The summed E-state index contributed by atoms with van der Waals surface area (Å²) in [5.74, 6) is 0. The molecule has 0 aliphatic rings. The number of unbranched alkanes of at least 4 members (excludes halogenated alkanes) is 15. The van der Waals surface area contributed by atoms with Gasteiger partial charge < -0.3 is 9.79 Å². The zero-order valence-corrected chi connectivity index (χ0v) is 16.1. The van der Waals surface area contributed by atoms with Crippen LogP contribution in [0.4, 0.5) is 0 Å². The number of phosphoric ester groups is 1. The molecule has 0 amide bonds. The number of hydrogen-bond donors (Lipinski definition) is 2. The van der Waals surface area contributed by atoms with Crippen LogP contribution in [0.3, 0.4) is 0 Å². The molecular formula is C18H40KO4P. The molecule has 0 aromatic heterocycles. The van der Waals surface area contributed by atoms with E-state index in [0.29, 0.717) is 0 Å². The molecule has 24 heavy (non-hydrogen) atoms. The summed E-state index contributed by atoms with van der Waals surface area (Å²) >= 11 is 0. The van der Waals surface area contributed by atoms with Crippen molar-refractivity contribution in [2.24, 2.45) is 0 Å². The van der Waals surface area contributed by atoms with Gasteiger partial charge >= 0.3 is 59.2 Å². The fourth-order valence-electron chi connectivity index (χ4n) is 2.83. The Bertz CT molecular complexity index is 284. The topological polar surface area (TPSA) is 66.8 Å². The first kappa shape index (κ1) is 28.0. The monoisotopic (exact) mass is 390 g/mol. The van der Waals surface area contributed by atoms with Gasteiger partial charge in [0.2, 0.25) is 0 Å². The van der Waals surface area contributed by atoms with Crippen molar-refractivity contribution in [2.75, 3.05) is 6.61 Å². The van der Waals surface area contributed by atoms with Gasteiger partial charge in [0.1, 0.15) is 0 Å². The summed E-state index contributed by atoms with van der Waals surface area (Å²) in [7, 11) is -4.26. The van der Waals surface area contributed by atoms with Gasteiger partial charge in [-0.3, -0.25) is 4.52 Å². The van der Waals surface area contributed by atoms with Crippen LogP contribution >= 0.6 is 7.82 Å². The molecule has 0 aliphatic heterocycles. The van der Waals surface area contributed by atoms with Crippen molar-refractivity contribution in [1.82, 2.24) is 0 Å². The molecule has 0 heterocycles. The van der Waals surface area contributed by atoms with E-state index in [1.54, 1.807) is 0 Å². The van der Waals surface area contributed by atoms with Crippen molar-refractivity contribution in [3.63, 3.8) is 0 Å². The molecule has 0 saturated carbocycles. The van der Waals surface area contributed by atoms with E-state index in [4.69, 9.17) is 9.79 Å². The molecule has 0 saturated heterocycles. The van der Waals surface area contributed by atoms with Gasteiger partial charge in [0.15, 0.2) is 0 Å². The van der Waals surface area contributed by atoms with Crippen LogP contribution < -0.4 is 0 Å². The quantitative estimate of drug-likeness (QED) is 0.179. The van der Waals surface area contributed by atoms with Gasteiger partial charge in [-0.1, -0.05) is 103 Å². The molecule has 4 nitrogen and oxygen atoms in total. The van der Waals surface area contributed by atoms with Crippen molar-refractivity contribution >= 4 is 59.2 Å². The molecule has 0 bridgehead atoms. The van der Waals surface area contributed by atoms with E-state index in [-0.39, 0.29) is 58.0 Å². The van der Waals surface area contributed by atoms with E-state index >= 15 is 0 Å². The summed E-state index contributed by atoms with van der Waals surface area (Å²) in [6.07, 6.45) is 20.7. The summed E-state index contributed by atoms with van der Waals surface area (Å²) in [6.45, 7) is 2.43. The van der Waals surface area contributed by atoms with Crippen molar-refractivity contribution in [3.05, 3.63) is 0 Å². The van der Waals surface area contributed by atoms with Crippen molar-refractivity contribution in [3.8, 4) is 0 Å². The van der Waals surface area contributed by atoms with Crippen LogP contribution in [0.15, 0.2) is 0 Å². The number of hydrogen-bond acceptors (Lipinski definition) is 2. The van der Waals surface area contributed by atoms with E-state index in [0.717, 1.165) is 19.3 Å². The predicted molar refractivity (Wildman–Crippen MR) is 105 cm³/mol. The third kappa shape index (κ3) is 26.0. The van der Waals surface area contributed by atoms with Gasteiger partial charge in [0.25, 0.3) is 0 Å². The second-order valence-corrected chi connectivity index (χ2v) is 7.87. The molecule has 0 radical (unpaired) electrons. The van der Waals surface area contributed by atoms with Crippen LogP contribution in [-0.2, 0) is 9.09 Å². The normalized spacial score (nSPS) is 11.5. The summed E-state index contributed by atoms with van der Waals surface area (Å²) < 4.78 is 14.9. The average Bonchev–Trinajstić information content (AvgIpc) is 2.49. The van der Waals surface area contributed by atoms with Crippen LogP contribution in [-0.4, -0.2) is 67.8 Å². The summed E-state index contributed by atoms with van der Waals surface area (Å²) in [5.41, 5.74) is 0. The Morgan fingerprint density at radius 1 is 0.625 bits per heavy atom. The van der Waals surface area contributed by atoms with Gasteiger partial charge in [0, 0.05) is 0 Å². The second kappa shape index (κ2) is 21.1. The van der Waals surface area contributed by atoms with Gasteiger partial charge in [0.05, 0.1) is 6.61 Å². The molecule has 0 rings (SSSR count). The fraction of sp³-hybridized carbons (Fsp3) is 1.00. The Balaban J connectivity index is 0. The molecule has 142 valence electrons. The molecule has 0 unspecified atom stereocenters. The van der Waals surface area contributed by atoms with Crippen LogP contribution in [0.25, 0.3) is 0 Å². The van der Waals surface area contributed by atoms with Gasteiger partial charge in [-0.2, -0.15) is 0 Å². The van der Waals surface area contributed by atoms with Crippen LogP contribution in [0, 0.1) is 0 Å². The van der Waals surface area contributed by atoms with Gasteiger partial charge in [-0.05, 0) is 6.42 Å². The van der Waals surface area contributed by atoms with E-state index in [1.807, 2.05) is 0 Å². The Kier molecular flexibility index (Phi) is 24.5. The zero-order valence-electron chi connectivity index (χ0n) is 15.2. The average molecular weight is 391 g/mol. The minimum atomic E-state index is -4.26. The summed E-state index contributed by atoms with van der Waals surface area (Å²) in [6, 6.07) is 0. The zero-order chi connectivity index (χ0) is 17.2. The van der Waals surface area contributed by atoms with E-state index in [2.05, 4.69) is 11.4 Å². The first-order chi connectivity index (χ1) is 11.1. The number of rotatable bonds is 18. The van der Waals surface area contributed by atoms with Crippen molar-refractivity contribution in [2.45, 2.75) is 110 Å². The van der Waals surface area contributed by atoms with E-state index in [9.17, 15) is 4.57 Å². The molecule has 0 aromatic carbocycles. The summed E-state index contributed by atoms with van der Waals surface area (Å²) in [4.78, 5) is 17.1. The molecule has 0 aromatic rings.